The fourth-order valence-corrected chi connectivity index (χ4v) is 2.92. The number of amides is 2. The van der Waals surface area contributed by atoms with Crippen molar-refractivity contribution in [1.82, 2.24) is 15.1 Å². The van der Waals surface area contributed by atoms with Crippen LogP contribution in [0.25, 0.3) is 0 Å². The molecule has 8 heteroatoms. The van der Waals surface area contributed by atoms with Crippen LogP contribution in [0.1, 0.15) is 13.3 Å². The maximum absolute atomic E-state index is 12.9. The van der Waals surface area contributed by atoms with Crippen molar-refractivity contribution < 1.29 is 14.0 Å². The van der Waals surface area contributed by atoms with Gasteiger partial charge < -0.3 is 15.1 Å². The lowest BCUT2D eigenvalue weighted by atomic mass is 10.1. The van der Waals surface area contributed by atoms with Crippen molar-refractivity contribution in [3.05, 3.63) is 30.1 Å². The Bertz CT molecular complexity index is 668. The van der Waals surface area contributed by atoms with Gasteiger partial charge in [0.2, 0.25) is 17.8 Å². The highest BCUT2D eigenvalue weighted by molar-refractivity contribution is 6.05. The first kappa shape index (κ1) is 17.3. The van der Waals surface area contributed by atoms with E-state index in [9.17, 15) is 14.0 Å². The third-order valence-corrected chi connectivity index (χ3v) is 4.44. The molecular formula is C17H22FN5O2. The standard InChI is InChI=1S/C17H22FN5O2/c1-2-22-7-9-23(10-8-22)17-20-14(11-15(24)21-17)16(25)19-13-5-3-12(18)4-6-13/h3-6,14H,2,7-11H2,1H3,(H,19,25)(H,20,21,24)/t14-/m1/s1. The third-order valence-electron chi connectivity index (χ3n) is 4.44. The lowest BCUT2D eigenvalue weighted by Gasteiger charge is -2.37. The summed E-state index contributed by atoms with van der Waals surface area (Å²) in [5, 5.41) is 5.44. The molecule has 134 valence electrons. The van der Waals surface area contributed by atoms with Gasteiger partial charge in [0.05, 0.1) is 6.42 Å². The third kappa shape index (κ3) is 4.33. The summed E-state index contributed by atoms with van der Waals surface area (Å²) in [6, 6.07) is 4.71. The Morgan fingerprint density at radius 3 is 2.60 bits per heavy atom. The number of piperazine rings is 1. The van der Waals surface area contributed by atoms with Gasteiger partial charge in [-0.25, -0.2) is 9.38 Å². The molecule has 2 aliphatic rings. The van der Waals surface area contributed by atoms with E-state index in [4.69, 9.17) is 0 Å². The molecule has 1 aromatic rings. The molecule has 7 nitrogen and oxygen atoms in total. The molecule has 0 aliphatic carbocycles. The summed E-state index contributed by atoms with van der Waals surface area (Å²) in [5.41, 5.74) is 0.477. The van der Waals surface area contributed by atoms with E-state index in [0.29, 0.717) is 11.6 Å². The second kappa shape index (κ2) is 7.60. The number of guanidine groups is 1. The van der Waals surface area contributed by atoms with Gasteiger partial charge in [0.1, 0.15) is 11.9 Å². The zero-order chi connectivity index (χ0) is 17.8. The summed E-state index contributed by atoms with van der Waals surface area (Å²) in [6.45, 7) is 6.44. The van der Waals surface area contributed by atoms with Crippen molar-refractivity contribution in [2.75, 3.05) is 38.0 Å². The Kier molecular flexibility index (Phi) is 5.28. The molecule has 0 bridgehead atoms. The van der Waals surface area contributed by atoms with E-state index in [-0.39, 0.29) is 24.1 Å². The summed E-state index contributed by atoms with van der Waals surface area (Å²) < 4.78 is 12.9. The molecule has 1 saturated heterocycles. The van der Waals surface area contributed by atoms with Crippen molar-refractivity contribution in [3.63, 3.8) is 0 Å². The summed E-state index contributed by atoms with van der Waals surface area (Å²) in [5.74, 6) is -0.499. The van der Waals surface area contributed by atoms with Crippen molar-refractivity contribution in [2.24, 2.45) is 4.99 Å². The molecule has 2 amide bonds. The van der Waals surface area contributed by atoms with Crippen LogP contribution >= 0.6 is 0 Å². The highest BCUT2D eigenvalue weighted by Gasteiger charge is 2.30. The van der Waals surface area contributed by atoms with Crippen molar-refractivity contribution >= 4 is 23.5 Å². The minimum atomic E-state index is -0.780. The summed E-state index contributed by atoms with van der Waals surface area (Å²) in [6.07, 6.45) is 0.00541. The number of anilines is 1. The van der Waals surface area contributed by atoms with Gasteiger partial charge in [-0.15, -0.1) is 0 Å². The van der Waals surface area contributed by atoms with Gasteiger partial charge in [0.25, 0.3) is 0 Å². The largest absolute Gasteiger partial charge is 0.340 e. The van der Waals surface area contributed by atoms with E-state index in [0.717, 1.165) is 32.7 Å². The highest BCUT2D eigenvalue weighted by atomic mass is 19.1. The van der Waals surface area contributed by atoms with Gasteiger partial charge in [-0.2, -0.15) is 0 Å². The van der Waals surface area contributed by atoms with Crippen LogP contribution in [-0.2, 0) is 9.59 Å². The number of nitrogens with one attached hydrogen (secondary N) is 2. The van der Waals surface area contributed by atoms with E-state index in [1.54, 1.807) is 0 Å². The maximum Gasteiger partial charge on any atom is 0.249 e. The molecule has 1 aromatic carbocycles. The molecule has 3 rings (SSSR count). The fourth-order valence-electron chi connectivity index (χ4n) is 2.92. The molecule has 2 N–H and O–H groups in total. The Balaban J connectivity index is 1.67. The first-order valence-electron chi connectivity index (χ1n) is 8.46. The van der Waals surface area contributed by atoms with Gasteiger partial charge in [-0.3, -0.25) is 14.9 Å². The number of halogens is 1. The number of hydrogen-bond acceptors (Lipinski definition) is 5. The molecule has 1 atom stereocenters. The second-order valence-electron chi connectivity index (χ2n) is 6.14. The highest BCUT2D eigenvalue weighted by Crippen LogP contribution is 2.13. The SMILES string of the molecule is CCN1CCN(C2=N[C@@H](C(=O)Nc3ccc(F)cc3)CC(=O)N2)CC1. The predicted molar refractivity (Wildman–Crippen MR) is 92.7 cm³/mol. The minimum absolute atomic E-state index is 0.00541. The van der Waals surface area contributed by atoms with Crippen LogP contribution in [0.2, 0.25) is 0 Å². The number of hydrogen-bond donors (Lipinski definition) is 2. The topological polar surface area (TPSA) is 77.0 Å². The van der Waals surface area contributed by atoms with Gasteiger partial charge in [-0.1, -0.05) is 6.92 Å². The van der Waals surface area contributed by atoms with Gasteiger partial charge >= 0.3 is 0 Å². The van der Waals surface area contributed by atoms with Crippen LogP contribution in [0.4, 0.5) is 10.1 Å². The molecule has 0 aromatic heterocycles. The van der Waals surface area contributed by atoms with Gasteiger partial charge in [-0.05, 0) is 30.8 Å². The Morgan fingerprint density at radius 2 is 1.96 bits per heavy atom. The fraction of sp³-hybridized carbons (Fsp3) is 0.471. The minimum Gasteiger partial charge on any atom is -0.340 e. The quantitative estimate of drug-likeness (QED) is 0.842. The lowest BCUT2D eigenvalue weighted by Crippen LogP contribution is -2.56. The molecule has 0 radical (unpaired) electrons. The van der Waals surface area contributed by atoms with Crippen LogP contribution in [0, 0.1) is 5.82 Å². The summed E-state index contributed by atoms with van der Waals surface area (Å²) >= 11 is 0. The van der Waals surface area contributed by atoms with Crippen LogP contribution < -0.4 is 10.6 Å². The predicted octanol–water partition coefficient (Wildman–Crippen LogP) is 0.646. The normalized spacial score (nSPS) is 21.5. The summed E-state index contributed by atoms with van der Waals surface area (Å²) in [7, 11) is 0. The molecule has 0 unspecified atom stereocenters. The number of rotatable bonds is 3. The zero-order valence-electron chi connectivity index (χ0n) is 14.2. The first-order valence-corrected chi connectivity index (χ1v) is 8.46. The van der Waals surface area contributed by atoms with Crippen molar-refractivity contribution in [3.8, 4) is 0 Å². The number of benzene rings is 1. The molecule has 0 saturated carbocycles. The smallest absolute Gasteiger partial charge is 0.249 e. The molecular weight excluding hydrogens is 325 g/mol. The monoisotopic (exact) mass is 347 g/mol. The van der Waals surface area contributed by atoms with Gasteiger partial charge in [0, 0.05) is 31.9 Å². The van der Waals surface area contributed by atoms with Crippen LogP contribution in [0.5, 0.6) is 0 Å². The number of nitrogens with zero attached hydrogens (tertiary/aromatic N) is 3. The molecule has 2 heterocycles. The second-order valence-corrected chi connectivity index (χ2v) is 6.14. The van der Waals surface area contributed by atoms with E-state index >= 15 is 0 Å². The molecule has 1 fully saturated rings. The van der Waals surface area contributed by atoms with Crippen LogP contribution in [0.15, 0.2) is 29.3 Å². The molecule has 25 heavy (non-hydrogen) atoms. The Hall–Kier alpha value is -2.48. The van der Waals surface area contributed by atoms with E-state index < -0.39 is 6.04 Å². The van der Waals surface area contributed by atoms with E-state index in [1.807, 2.05) is 4.90 Å². The van der Waals surface area contributed by atoms with E-state index in [1.165, 1.54) is 24.3 Å². The van der Waals surface area contributed by atoms with Crippen molar-refractivity contribution in [1.29, 1.82) is 0 Å². The maximum atomic E-state index is 12.9. The van der Waals surface area contributed by atoms with Crippen LogP contribution in [-0.4, -0.2) is 66.3 Å². The van der Waals surface area contributed by atoms with E-state index in [2.05, 4.69) is 27.4 Å². The van der Waals surface area contributed by atoms with Gasteiger partial charge in [0.15, 0.2) is 0 Å². The Labute approximate surface area is 145 Å². The average molecular weight is 347 g/mol. The summed E-state index contributed by atoms with van der Waals surface area (Å²) in [4.78, 5) is 33.1. The van der Waals surface area contributed by atoms with Crippen LogP contribution in [0.3, 0.4) is 0 Å². The molecule has 0 spiro atoms. The first-order chi connectivity index (χ1) is 12.0. The number of carbonyl (C=O) groups excluding carboxylic acids is 2. The number of aliphatic imine (C=N–C) groups is 1. The molecule has 2 aliphatic heterocycles. The number of carbonyl (C=O) groups is 2. The van der Waals surface area contributed by atoms with Crippen molar-refractivity contribution in [2.45, 2.75) is 19.4 Å². The average Bonchev–Trinajstić information content (AvgIpc) is 2.63. The number of likely N-dealkylation sites (N-methyl/N-ethyl adjacent to an activating group) is 1. The lowest BCUT2D eigenvalue weighted by molar-refractivity contribution is -0.125. The Morgan fingerprint density at radius 1 is 1.28 bits per heavy atom. The zero-order valence-corrected chi connectivity index (χ0v) is 14.2.